The van der Waals surface area contributed by atoms with Crippen LogP contribution in [0.5, 0.6) is 23.0 Å². The van der Waals surface area contributed by atoms with Crippen molar-refractivity contribution in [3.05, 3.63) is 46.5 Å². The Balaban J connectivity index is 2.12. The Morgan fingerprint density at radius 2 is 1.96 bits per heavy atom. The number of esters is 1. The van der Waals surface area contributed by atoms with Crippen LogP contribution in [0.15, 0.2) is 24.3 Å². The Morgan fingerprint density at radius 3 is 2.61 bits per heavy atom. The van der Waals surface area contributed by atoms with E-state index in [2.05, 4.69) is 0 Å². The van der Waals surface area contributed by atoms with Gasteiger partial charge in [-0.15, -0.1) is 0 Å². The van der Waals surface area contributed by atoms with E-state index < -0.39 is 12.1 Å². The van der Waals surface area contributed by atoms with Crippen molar-refractivity contribution in [3.8, 4) is 23.0 Å². The molecule has 6 nitrogen and oxygen atoms in total. The number of carbonyl (C=O) groups is 1. The molecule has 2 aromatic carbocycles. The summed E-state index contributed by atoms with van der Waals surface area (Å²) in [7, 11) is 1.43. The van der Waals surface area contributed by atoms with Crippen molar-refractivity contribution in [2.45, 2.75) is 46.8 Å². The number of aryl methyl sites for hydroxylation is 1. The minimum Gasteiger partial charge on any atom is -0.504 e. The Kier molecular flexibility index (Phi) is 5.26. The molecule has 0 amide bonds. The third-order valence-electron chi connectivity index (χ3n) is 4.58. The molecule has 6 heteroatoms. The molecular weight excluding hydrogens is 360 g/mol. The largest absolute Gasteiger partial charge is 0.504 e. The van der Waals surface area contributed by atoms with Gasteiger partial charge >= 0.3 is 5.97 Å². The minimum atomic E-state index is -0.818. The molecule has 0 fully saturated rings. The number of aliphatic hydroxyl groups is 1. The molecule has 1 heterocycles. The van der Waals surface area contributed by atoms with Gasteiger partial charge in [0, 0.05) is 11.1 Å². The highest BCUT2D eigenvalue weighted by Gasteiger charge is 2.30. The van der Waals surface area contributed by atoms with Crippen molar-refractivity contribution >= 4 is 5.97 Å². The van der Waals surface area contributed by atoms with E-state index in [0.717, 1.165) is 5.56 Å². The summed E-state index contributed by atoms with van der Waals surface area (Å²) in [5.41, 5.74) is 1.88. The molecule has 1 aliphatic rings. The molecule has 28 heavy (non-hydrogen) atoms. The lowest BCUT2D eigenvalue weighted by Gasteiger charge is -2.26. The Bertz CT molecular complexity index is 910. The van der Waals surface area contributed by atoms with Gasteiger partial charge in [-0.25, -0.2) is 4.79 Å². The van der Waals surface area contributed by atoms with Crippen molar-refractivity contribution in [1.82, 2.24) is 0 Å². The maximum absolute atomic E-state index is 12.8. The van der Waals surface area contributed by atoms with E-state index in [1.807, 2.05) is 27.7 Å². The summed E-state index contributed by atoms with van der Waals surface area (Å²) in [5, 5.41) is 21.0. The zero-order chi connectivity index (χ0) is 20.6. The number of ether oxygens (including phenoxy) is 3. The summed E-state index contributed by atoms with van der Waals surface area (Å²) in [5.74, 6) is 0.0189. The average molecular weight is 386 g/mol. The number of aromatic hydroxyl groups is 1. The smallest absolute Gasteiger partial charge is 0.346 e. The first-order chi connectivity index (χ1) is 13.1. The van der Waals surface area contributed by atoms with Crippen molar-refractivity contribution in [1.29, 1.82) is 0 Å². The molecule has 0 radical (unpaired) electrons. The standard InChI is InChI=1S/C22H26O6/c1-12-8-13-11-27-21(25)18-17(28-19(13)15(23)9-12)7-6-14(20(18)26-5)16(24)10-22(2,3)4/h6-9,16,23-24H,10-11H2,1-5H3/t16-/m0/s1. The number of aliphatic hydroxyl groups excluding tert-OH is 1. The molecule has 2 N–H and O–H groups in total. The number of methoxy groups -OCH3 is 1. The van der Waals surface area contributed by atoms with Gasteiger partial charge in [-0.05, 0) is 48.6 Å². The maximum atomic E-state index is 12.8. The van der Waals surface area contributed by atoms with Gasteiger partial charge < -0.3 is 24.4 Å². The SMILES string of the molecule is COc1c([C@@H](O)CC(C)(C)C)ccc2c1C(=O)OCc1cc(C)cc(O)c1O2. The van der Waals surface area contributed by atoms with Gasteiger partial charge in [-0.1, -0.05) is 20.8 Å². The summed E-state index contributed by atoms with van der Waals surface area (Å²) in [6.45, 7) is 7.86. The number of hydrogen-bond acceptors (Lipinski definition) is 6. The van der Waals surface area contributed by atoms with Gasteiger partial charge in [-0.3, -0.25) is 0 Å². The molecule has 0 unspecified atom stereocenters. The minimum absolute atomic E-state index is 0.0327. The van der Waals surface area contributed by atoms with Crippen molar-refractivity contribution in [2.24, 2.45) is 5.41 Å². The van der Waals surface area contributed by atoms with E-state index in [0.29, 0.717) is 17.5 Å². The number of phenols is 1. The van der Waals surface area contributed by atoms with Crippen molar-refractivity contribution in [2.75, 3.05) is 7.11 Å². The number of phenolic OH excluding ortho intramolecular Hbond substituents is 1. The van der Waals surface area contributed by atoms with Crippen LogP contribution < -0.4 is 9.47 Å². The van der Waals surface area contributed by atoms with E-state index in [9.17, 15) is 15.0 Å². The summed E-state index contributed by atoms with van der Waals surface area (Å²) in [4.78, 5) is 12.8. The monoisotopic (exact) mass is 386 g/mol. The molecule has 150 valence electrons. The Labute approximate surface area is 164 Å². The van der Waals surface area contributed by atoms with Crippen LogP contribution in [0.25, 0.3) is 0 Å². The third-order valence-corrected chi connectivity index (χ3v) is 4.58. The van der Waals surface area contributed by atoms with Crippen LogP contribution in [0.1, 0.15) is 60.3 Å². The number of rotatable bonds is 3. The highest BCUT2D eigenvalue weighted by Crippen LogP contribution is 2.44. The van der Waals surface area contributed by atoms with Gasteiger partial charge in [-0.2, -0.15) is 0 Å². The lowest BCUT2D eigenvalue weighted by atomic mass is 9.86. The average Bonchev–Trinajstić information content (AvgIpc) is 2.58. The van der Waals surface area contributed by atoms with Crippen LogP contribution in [0.3, 0.4) is 0 Å². The second-order valence-corrected chi connectivity index (χ2v) is 8.29. The summed E-state index contributed by atoms with van der Waals surface area (Å²) >= 11 is 0. The van der Waals surface area contributed by atoms with E-state index in [1.54, 1.807) is 24.3 Å². The van der Waals surface area contributed by atoms with Crippen LogP contribution in [0, 0.1) is 12.3 Å². The topological polar surface area (TPSA) is 85.2 Å². The quantitative estimate of drug-likeness (QED) is 0.748. The summed E-state index contributed by atoms with van der Waals surface area (Å²) in [6, 6.07) is 6.65. The van der Waals surface area contributed by atoms with Gasteiger partial charge in [0.2, 0.25) is 0 Å². The van der Waals surface area contributed by atoms with Crippen LogP contribution in [0.2, 0.25) is 0 Å². The predicted octanol–water partition coefficient (Wildman–Crippen LogP) is 4.64. The number of cyclic esters (lactones) is 1. The van der Waals surface area contributed by atoms with Crippen molar-refractivity contribution in [3.63, 3.8) is 0 Å². The first-order valence-electron chi connectivity index (χ1n) is 9.17. The molecule has 0 aromatic heterocycles. The van der Waals surface area contributed by atoms with Crippen LogP contribution >= 0.6 is 0 Å². The van der Waals surface area contributed by atoms with E-state index in [1.165, 1.54) is 7.11 Å². The lowest BCUT2D eigenvalue weighted by Crippen LogP contribution is -2.16. The first-order valence-corrected chi connectivity index (χ1v) is 9.17. The Morgan fingerprint density at radius 1 is 1.25 bits per heavy atom. The summed E-state index contributed by atoms with van der Waals surface area (Å²) < 4.78 is 16.8. The molecule has 0 saturated heterocycles. The molecule has 1 atom stereocenters. The molecule has 0 saturated carbocycles. The molecule has 0 aliphatic carbocycles. The summed E-state index contributed by atoms with van der Waals surface area (Å²) in [6.07, 6.45) is -0.331. The zero-order valence-electron chi connectivity index (χ0n) is 16.8. The second kappa shape index (κ2) is 7.36. The van der Waals surface area contributed by atoms with Crippen molar-refractivity contribution < 1.29 is 29.2 Å². The van der Waals surface area contributed by atoms with Gasteiger partial charge in [0.1, 0.15) is 23.7 Å². The van der Waals surface area contributed by atoms with E-state index in [-0.39, 0.29) is 40.6 Å². The van der Waals surface area contributed by atoms with Crippen LogP contribution in [-0.2, 0) is 11.3 Å². The fourth-order valence-corrected chi connectivity index (χ4v) is 3.41. The number of benzene rings is 2. The normalized spacial score (nSPS) is 14.7. The number of hydrogen-bond donors (Lipinski definition) is 2. The van der Waals surface area contributed by atoms with Gasteiger partial charge in [0.15, 0.2) is 11.5 Å². The maximum Gasteiger partial charge on any atom is 0.346 e. The van der Waals surface area contributed by atoms with E-state index in [4.69, 9.17) is 14.2 Å². The number of carbonyl (C=O) groups excluding carboxylic acids is 1. The first kappa shape index (κ1) is 20.0. The Hall–Kier alpha value is -2.73. The van der Waals surface area contributed by atoms with Crippen LogP contribution in [0.4, 0.5) is 0 Å². The van der Waals surface area contributed by atoms with Gasteiger partial charge in [0.25, 0.3) is 0 Å². The second-order valence-electron chi connectivity index (χ2n) is 8.29. The molecule has 3 rings (SSSR count). The molecule has 0 spiro atoms. The molecular formula is C22H26O6. The molecule has 0 bridgehead atoms. The highest BCUT2D eigenvalue weighted by molar-refractivity contribution is 5.96. The lowest BCUT2D eigenvalue weighted by molar-refractivity contribution is 0.0453. The fourth-order valence-electron chi connectivity index (χ4n) is 3.41. The highest BCUT2D eigenvalue weighted by atomic mass is 16.5. The molecule has 1 aliphatic heterocycles. The van der Waals surface area contributed by atoms with E-state index >= 15 is 0 Å². The zero-order valence-corrected chi connectivity index (χ0v) is 16.8. The molecule has 2 aromatic rings. The fraction of sp³-hybridized carbons (Fsp3) is 0.409. The van der Waals surface area contributed by atoms with Crippen LogP contribution in [-0.4, -0.2) is 23.3 Å². The third kappa shape index (κ3) is 3.92. The predicted molar refractivity (Wildman–Crippen MR) is 104 cm³/mol. The van der Waals surface area contributed by atoms with Gasteiger partial charge in [0.05, 0.1) is 13.2 Å². The number of fused-ring (bicyclic) bond motifs is 2.